The molecule has 0 saturated heterocycles. The van der Waals surface area contributed by atoms with E-state index in [-0.39, 0.29) is 6.04 Å². The first-order valence-corrected chi connectivity index (χ1v) is 6.05. The second-order valence-electron chi connectivity index (χ2n) is 4.59. The molecule has 0 aliphatic heterocycles. The lowest BCUT2D eigenvalue weighted by Crippen LogP contribution is -2.09. The number of nitrogens with two attached hydrogens (primary N) is 1. The lowest BCUT2D eigenvalue weighted by atomic mass is 10.1. The zero-order chi connectivity index (χ0) is 11.1. The Morgan fingerprint density at radius 1 is 1.44 bits per heavy atom. The Hall–Kier alpha value is -0.990. The van der Waals surface area contributed by atoms with Gasteiger partial charge in [0.15, 0.2) is 5.58 Å². The van der Waals surface area contributed by atoms with Gasteiger partial charge in [-0.2, -0.15) is 0 Å². The molecule has 1 aromatic heterocycles. The Balaban J connectivity index is 1.94. The maximum atomic E-state index is 6.11. The molecule has 2 N–H and O–H groups in total. The highest BCUT2D eigenvalue weighted by molar-refractivity contribution is 6.34. The Bertz CT molecular complexity index is 516. The van der Waals surface area contributed by atoms with Crippen molar-refractivity contribution in [3.63, 3.8) is 0 Å². The van der Waals surface area contributed by atoms with Gasteiger partial charge < -0.3 is 10.2 Å². The lowest BCUT2D eigenvalue weighted by Gasteiger charge is -2.06. The van der Waals surface area contributed by atoms with Crippen LogP contribution in [0.15, 0.2) is 28.7 Å². The predicted molar refractivity (Wildman–Crippen MR) is 65.5 cm³/mol. The van der Waals surface area contributed by atoms with Gasteiger partial charge in [0.25, 0.3) is 0 Å². The standard InChI is InChI=1S/C13H14ClNO/c14-10-3-1-2-9-7-12(16-13(9)10)11(15)6-8-4-5-8/h1-3,7-8,11H,4-6,15H2. The van der Waals surface area contributed by atoms with Gasteiger partial charge >= 0.3 is 0 Å². The lowest BCUT2D eigenvalue weighted by molar-refractivity contribution is 0.463. The minimum atomic E-state index is 0.0102. The van der Waals surface area contributed by atoms with E-state index >= 15 is 0 Å². The average Bonchev–Trinajstić information content (AvgIpc) is 2.95. The van der Waals surface area contributed by atoms with Crippen molar-refractivity contribution in [1.82, 2.24) is 0 Å². The Kier molecular flexibility index (Phi) is 2.41. The summed E-state index contributed by atoms with van der Waals surface area (Å²) in [6.45, 7) is 0. The van der Waals surface area contributed by atoms with E-state index in [9.17, 15) is 0 Å². The quantitative estimate of drug-likeness (QED) is 0.877. The summed E-state index contributed by atoms with van der Waals surface area (Å²) in [5.41, 5.74) is 6.87. The van der Waals surface area contributed by atoms with Crippen LogP contribution in [0.25, 0.3) is 11.0 Å². The Labute approximate surface area is 99.4 Å². The van der Waals surface area contributed by atoms with Crippen molar-refractivity contribution in [2.45, 2.75) is 25.3 Å². The van der Waals surface area contributed by atoms with Crippen molar-refractivity contribution in [1.29, 1.82) is 0 Å². The van der Waals surface area contributed by atoms with Crippen LogP contribution in [0.1, 0.15) is 31.1 Å². The maximum Gasteiger partial charge on any atom is 0.152 e. The van der Waals surface area contributed by atoms with Gasteiger partial charge in [-0.05, 0) is 24.5 Å². The number of hydrogen-bond acceptors (Lipinski definition) is 2. The monoisotopic (exact) mass is 235 g/mol. The summed E-state index contributed by atoms with van der Waals surface area (Å²) >= 11 is 6.06. The van der Waals surface area contributed by atoms with E-state index in [4.69, 9.17) is 21.8 Å². The highest BCUT2D eigenvalue weighted by Gasteiger charge is 2.26. The molecule has 0 amide bonds. The predicted octanol–water partition coefficient (Wildman–Crippen LogP) is 3.89. The molecule has 16 heavy (non-hydrogen) atoms. The fourth-order valence-corrected chi connectivity index (χ4v) is 2.28. The minimum Gasteiger partial charge on any atom is -0.458 e. The molecule has 1 unspecified atom stereocenters. The fourth-order valence-electron chi connectivity index (χ4n) is 2.06. The maximum absolute atomic E-state index is 6.11. The number of benzene rings is 1. The van der Waals surface area contributed by atoms with E-state index in [1.807, 2.05) is 24.3 Å². The van der Waals surface area contributed by atoms with E-state index < -0.39 is 0 Å². The van der Waals surface area contributed by atoms with Crippen LogP contribution >= 0.6 is 11.6 Å². The molecule has 1 aromatic carbocycles. The van der Waals surface area contributed by atoms with Gasteiger partial charge in [-0.3, -0.25) is 0 Å². The van der Waals surface area contributed by atoms with Crippen LogP contribution in [0.3, 0.4) is 0 Å². The minimum absolute atomic E-state index is 0.0102. The molecule has 2 nitrogen and oxygen atoms in total. The largest absolute Gasteiger partial charge is 0.458 e. The Morgan fingerprint density at radius 2 is 2.25 bits per heavy atom. The van der Waals surface area contributed by atoms with Gasteiger partial charge in [-0.1, -0.05) is 36.6 Å². The molecule has 0 bridgehead atoms. The first-order chi connectivity index (χ1) is 7.74. The molecule has 1 heterocycles. The summed E-state index contributed by atoms with van der Waals surface area (Å²) in [5, 5.41) is 1.69. The molecule has 0 spiro atoms. The molecule has 1 fully saturated rings. The second kappa shape index (κ2) is 3.79. The molecular weight excluding hydrogens is 222 g/mol. The number of fused-ring (bicyclic) bond motifs is 1. The van der Waals surface area contributed by atoms with Crippen molar-refractivity contribution in [3.05, 3.63) is 35.0 Å². The van der Waals surface area contributed by atoms with E-state index in [0.29, 0.717) is 5.02 Å². The van der Waals surface area contributed by atoms with Crippen LogP contribution in [0.5, 0.6) is 0 Å². The molecule has 1 atom stereocenters. The third-order valence-electron chi connectivity index (χ3n) is 3.16. The van der Waals surface area contributed by atoms with Crippen molar-refractivity contribution in [2.24, 2.45) is 11.7 Å². The van der Waals surface area contributed by atoms with Gasteiger partial charge in [-0.25, -0.2) is 0 Å². The number of para-hydroxylation sites is 1. The smallest absolute Gasteiger partial charge is 0.152 e. The van der Waals surface area contributed by atoms with Crippen LogP contribution in [-0.2, 0) is 0 Å². The first-order valence-electron chi connectivity index (χ1n) is 5.67. The van der Waals surface area contributed by atoms with Crippen molar-refractivity contribution < 1.29 is 4.42 Å². The average molecular weight is 236 g/mol. The van der Waals surface area contributed by atoms with Crippen LogP contribution in [-0.4, -0.2) is 0 Å². The molecular formula is C13H14ClNO. The van der Waals surface area contributed by atoms with Gasteiger partial charge in [0.1, 0.15) is 5.76 Å². The summed E-state index contributed by atoms with van der Waals surface area (Å²) < 4.78 is 5.73. The Morgan fingerprint density at radius 3 is 2.94 bits per heavy atom. The van der Waals surface area contributed by atoms with Crippen LogP contribution in [0.2, 0.25) is 5.02 Å². The van der Waals surface area contributed by atoms with Crippen molar-refractivity contribution in [2.75, 3.05) is 0 Å². The third kappa shape index (κ3) is 1.83. The summed E-state index contributed by atoms with van der Waals surface area (Å²) in [6.07, 6.45) is 3.65. The highest BCUT2D eigenvalue weighted by atomic mass is 35.5. The van der Waals surface area contributed by atoms with E-state index in [1.54, 1.807) is 0 Å². The molecule has 3 heteroatoms. The summed E-state index contributed by atoms with van der Waals surface area (Å²) in [5.74, 6) is 1.66. The summed E-state index contributed by atoms with van der Waals surface area (Å²) in [6, 6.07) is 7.78. The van der Waals surface area contributed by atoms with E-state index in [0.717, 1.165) is 29.1 Å². The fraction of sp³-hybridized carbons (Fsp3) is 0.385. The molecule has 2 aromatic rings. The van der Waals surface area contributed by atoms with Gasteiger partial charge in [0, 0.05) is 5.39 Å². The number of halogens is 1. The van der Waals surface area contributed by atoms with Crippen molar-refractivity contribution >= 4 is 22.6 Å². The summed E-state index contributed by atoms with van der Waals surface area (Å²) in [7, 11) is 0. The highest BCUT2D eigenvalue weighted by Crippen LogP contribution is 2.38. The molecule has 1 saturated carbocycles. The van der Waals surface area contributed by atoms with Crippen LogP contribution in [0.4, 0.5) is 0 Å². The molecule has 0 radical (unpaired) electrons. The first kappa shape index (κ1) is 10.2. The normalized spacial score (nSPS) is 17.9. The molecule has 3 rings (SSSR count). The molecule has 84 valence electrons. The van der Waals surface area contributed by atoms with Crippen molar-refractivity contribution in [3.8, 4) is 0 Å². The van der Waals surface area contributed by atoms with Gasteiger partial charge in [0.2, 0.25) is 0 Å². The van der Waals surface area contributed by atoms with E-state index in [2.05, 4.69) is 0 Å². The second-order valence-corrected chi connectivity index (χ2v) is 5.00. The molecule has 1 aliphatic carbocycles. The number of furan rings is 1. The van der Waals surface area contributed by atoms with Gasteiger partial charge in [-0.15, -0.1) is 0 Å². The number of hydrogen-bond donors (Lipinski definition) is 1. The van der Waals surface area contributed by atoms with E-state index in [1.165, 1.54) is 12.8 Å². The topological polar surface area (TPSA) is 39.2 Å². The summed E-state index contributed by atoms with van der Waals surface area (Å²) in [4.78, 5) is 0. The third-order valence-corrected chi connectivity index (χ3v) is 3.46. The number of rotatable bonds is 3. The zero-order valence-electron chi connectivity index (χ0n) is 8.95. The zero-order valence-corrected chi connectivity index (χ0v) is 9.70. The van der Waals surface area contributed by atoms with Gasteiger partial charge in [0.05, 0.1) is 11.1 Å². The SMILES string of the molecule is NC(CC1CC1)c1cc2cccc(Cl)c2o1. The van der Waals surface area contributed by atoms with Crippen LogP contribution in [0, 0.1) is 5.92 Å². The van der Waals surface area contributed by atoms with Crippen LogP contribution < -0.4 is 5.73 Å². The molecule has 1 aliphatic rings.